The Bertz CT molecular complexity index is 499. The molecule has 3 rings (SSSR count). The van der Waals surface area contributed by atoms with Crippen molar-refractivity contribution in [1.82, 2.24) is 4.90 Å². The largest absolute Gasteiger partial charge is 0.492 e. The van der Waals surface area contributed by atoms with Gasteiger partial charge in [-0.15, -0.1) is 0 Å². The first-order chi connectivity index (χ1) is 11.2. The Kier molecular flexibility index (Phi) is 5.57. The molecule has 0 radical (unpaired) electrons. The maximum atomic E-state index is 10.3. The lowest BCUT2D eigenvalue weighted by atomic mass is 9.89. The molecule has 0 aliphatic carbocycles. The maximum Gasteiger partial charge on any atom is 0.125 e. The average Bonchev–Trinajstić information content (AvgIpc) is 2.99. The fourth-order valence-electron chi connectivity index (χ4n) is 4.02. The summed E-state index contributed by atoms with van der Waals surface area (Å²) >= 11 is 0. The highest BCUT2D eigenvalue weighted by molar-refractivity contribution is 5.39. The van der Waals surface area contributed by atoms with Crippen molar-refractivity contribution in [3.8, 4) is 5.75 Å². The minimum absolute atomic E-state index is 0.214. The Balaban J connectivity index is 1.55. The van der Waals surface area contributed by atoms with Gasteiger partial charge >= 0.3 is 0 Å². The van der Waals surface area contributed by atoms with Crippen LogP contribution in [0, 0.1) is 19.8 Å². The van der Waals surface area contributed by atoms with Crippen LogP contribution in [0.2, 0.25) is 0 Å². The third kappa shape index (κ3) is 3.87. The molecule has 23 heavy (non-hydrogen) atoms. The number of aliphatic hydroxyl groups is 1. The number of aryl methyl sites for hydroxylation is 2. The first-order valence-electron chi connectivity index (χ1n) is 8.85. The summed E-state index contributed by atoms with van der Waals surface area (Å²) in [6.45, 7) is 8.30. The van der Waals surface area contributed by atoms with Crippen LogP contribution >= 0.6 is 0 Å². The van der Waals surface area contributed by atoms with E-state index in [0.29, 0.717) is 25.9 Å². The van der Waals surface area contributed by atoms with E-state index in [2.05, 4.69) is 36.9 Å². The van der Waals surface area contributed by atoms with Crippen molar-refractivity contribution in [2.45, 2.75) is 45.3 Å². The minimum atomic E-state index is -0.214. The van der Waals surface area contributed by atoms with Crippen molar-refractivity contribution in [2.24, 2.45) is 5.92 Å². The van der Waals surface area contributed by atoms with Gasteiger partial charge < -0.3 is 14.6 Å². The molecule has 0 spiro atoms. The monoisotopic (exact) mass is 319 g/mol. The van der Waals surface area contributed by atoms with Crippen molar-refractivity contribution >= 4 is 0 Å². The number of para-hydroxylation sites is 1. The Hall–Kier alpha value is -1.10. The van der Waals surface area contributed by atoms with Crippen LogP contribution in [0.25, 0.3) is 0 Å². The summed E-state index contributed by atoms with van der Waals surface area (Å²) in [5.74, 6) is 1.27. The number of nitrogens with zero attached hydrogens (tertiary/aromatic N) is 1. The summed E-state index contributed by atoms with van der Waals surface area (Å²) in [6, 6.07) is 6.69. The number of hydrogen-bond donors (Lipinski definition) is 1. The van der Waals surface area contributed by atoms with E-state index < -0.39 is 0 Å². The maximum absolute atomic E-state index is 10.3. The smallest absolute Gasteiger partial charge is 0.125 e. The number of ether oxygens (including phenoxy) is 2. The third-order valence-corrected chi connectivity index (χ3v) is 5.30. The zero-order chi connectivity index (χ0) is 16.2. The van der Waals surface area contributed by atoms with E-state index in [1.807, 2.05) is 0 Å². The van der Waals surface area contributed by atoms with Crippen molar-refractivity contribution in [1.29, 1.82) is 0 Å². The first kappa shape index (κ1) is 16.7. The minimum Gasteiger partial charge on any atom is -0.492 e. The van der Waals surface area contributed by atoms with Crippen molar-refractivity contribution in [2.75, 3.05) is 32.9 Å². The second kappa shape index (κ2) is 7.65. The number of hydrogen-bond acceptors (Lipinski definition) is 4. The van der Waals surface area contributed by atoms with E-state index in [0.717, 1.165) is 31.7 Å². The normalized spacial score (nSPS) is 28.9. The molecule has 0 saturated carbocycles. The predicted octanol–water partition coefficient (Wildman–Crippen LogP) is 2.54. The van der Waals surface area contributed by atoms with Gasteiger partial charge in [-0.25, -0.2) is 0 Å². The molecule has 2 aliphatic rings. The molecule has 2 fully saturated rings. The Morgan fingerprint density at radius 3 is 2.78 bits per heavy atom. The summed E-state index contributed by atoms with van der Waals surface area (Å²) in [5.41, 5.74) is 2.39. The predicted molar refractivity (Wildman–Crippen MR) is 90.9 cm³/mol. The van der Waals surface area contributed by atoms with Gasteiger partial charge in [0.05, 0.1) is 12.7 Å². The lowest BCUT2D eigenvalue weighted by molar-refractivity contribution is -0.0634. The van der Waals surface area contributed by atoms with E-state index >= 15 is 0 Å². The van der Waals surface area contributed by atoms with Gasteiger partial charge in [0, 0.05) is 25.1 Å². The van der Waals surface area contributed by atoms with Crippen molar-refractivity contribution in [3.05, 3.63) is 29.3 Å². The van der Waals surface area contributed by atoms with Crippen LogP contribution in [0.5, 0.6) is 5.75 Å². The Labute approximate surface area is 139 Å². The number of likely N-dealkylation sites (tertiary alicyclic amines) is 1. The van der Waals surface area contributed by atoms with Crippen LogP contribution in [0.3, 0.4) is 0 Å². The highest BCUT2D eigenvalue weighted by atomic mass is 16.5. The number of rotatable bonds is 5. The van der Waals surface area contributed by atoms with E-state index in [4.69, 9.17) is 9.47 Å². The Morgan fingerprint density at radius 2 is 2.04 bits per heavy atom. The topological polar surface area (TPSA) is 41.9 Å². The van der Waals surface area contributed by atoms with Gasteiger partial charge in [-0.05, 0) is 50.8 Å². The Morgan fingerprint density at radius 1 is 1.26 bits per heavy atom. The molecule has 2 saturated heterocycles. The molecule has 4 heteroatoms. The van der Waals surface area contributed by atoms with Gasteiger partial charge in [0.15, 0.2) is 0 Å². The van der Waals surface area contributed by atoms with Crippen molar-refractivity contribution in [3.63, 3.8) is 0 Å². The summed E-state index contributed by atoms with van der Waals surface area (Å²) in [7, 11) is 0. The lowest BCUT2D eigenvalue weighted by Crippen LogP contribution is -2.47. The zero-order valence-corrected chi connectivity index (χ0v) is 14.3. The highest BCUT2D eigenvalue weighted by Crippen LogP contribution is 2.30. The van der Waals surface area contributed by atoms with E-state index in [-0.39, 0.29) is 12.0 Å². The van der Waals surface area contributed by atoms with Crippen LogP contribution in [0.1, 0.15) is 30.4 Å². The number of benzene rings is 1. The molecular weight excluding hydrogens is 290 g/mol. The van der Waals surface area contributed by atoms with Gasteiger partial charge in [0.2, 0.25) is 0 Å². The molecule has 0 bridgehead atoms. The second-order valence-corrected chi connectivity index (χ2v) is 6.91. The molecule has 1 N–H and O–H groups in total. The molecular formula is C19H29NO3. The fourth-order valence-corrected chi connectivity index (χ4v) is 4.02. The lowest BCUT2D eigenvalue weighted by Gasteiger charge is -2.37. The van der Waals surface area contributed by atoms with Gasteiger partial charge in [-0.2, -0.15) is 0 Å². The molecule has 128 valence electrons. The van der Waals surface area contributed by atoms with Gasteiger partial charge in [-0.1, -0.05) is 18.2 Å². The molecule has 0 amide bonds. The summed E-state index contributed by atoms with van der Waals surface area (Å²) in [4.78, 5) is 2.48. The molecule has 0 aromatic heterocycles. The van der Waals surface area contributed by atoms with Gasteiger partial charge in [-0.3, -0.25) is 4.90 Å². The summed E-state index contributed by atoms with van der Waals surface area (Å²) in [6.07, 6.45) is 2.92. The van der Waals surface area contributed by atoms with Crippen LogP contribution in [-0.4, -0.2) is 55.1 Å². The van der Waals surface area contributed by atoms with Gasteiger partial charge in [0.1, 0.15) is 12.4 Å². The zero-order valence-electron chi connectivity index (χ0n) is 14.3. The molecule has 1 aromatic rings. The molecule has 1 aromatic carbocycles. The van der Waals surface area contributed by atoms with E-state index in [1.54, 1.807) is 0 Å². The van der Waals surface area contributed by atoms with Crippen LogP contribution in [-0.2, 0) is 4.74 Å². The fraction of sp³-hybridized carbons (Fsp3) is 0.684. The summed E-state index contributed by atoms with van der Waals surface area (Å²) in [5, 5.41) is 10.3. The van der Waals surface area contributed by atoms with Crippen LogP contribution in [0.15, 0.2) is 18.2 Å². The number of aliphatic hydroxyl groups excluding tert-OH is 1. The van der Waals surface area contributed by atoms with Gasteiger partial charge in [0.25, 0.3) is 0 Å². The van der Waals surface area contributed by atoms with Crippen molar-refractivity contribution < 1.29 is 14.6 Å². The SMILES string of the molecule is Cc1cccc(C)c1OCCN1CCCC1C1COCCC1O. The summed E-state index contributed by atoms with van der Waals surface area (Å²) < 4.78 is 11.7. The molecule has 4 nitrogen and oxygen atoms in total. The van der Waals surface area contributed by atoms with Crippen LogP contribution in [0.4, 0.5) is 0 Å². The molecule has 3 unspecified atom stereocenters. The second-order valence-electron chi connectivity index (χ2n) is 6.91. The van der Waals surface area contributed by atoms with Crippen LogP contribution < -0.4 is 4.74 Å². The standard InChI is InChI=1S/C19H29NO3/c1-14-5-3-6-15(2)19(14)23-12-10-20-9-4-7-17(20)16-13-22-11-8-18(16)21/h3,5-6,16-18,21H,4,7-13H2,1-2H3. The quantitative estimate of drug-likeness (QED) is 0.906. The molecule has 2 aliphatic heterocycles. The molecule has 2 heterocycles. The average molecular weight is 319 g/mol. The van der Waals surface area contributed by atoms with E-state index in [1.165, 1.54) is 17.5 Å². The third-order valence-electron chi connectivity index (χ3n) is 5.30. The molecule has 3 atom stereocenters. The highest BCUT2D eigenvalue weighted by Gasteiger charge is 2.37. The van der Waals surface area contributed by atoms with E-state index in [9.17, 15) is 5.11 Å². The first-order valence-corrected chi connectivity index (χ1v) is 8.85.